The van der Waals surface area contributed by atoms with Crippen LogP contribution in [-0.4, -0.2) is 13.1 Å². The number of nitrogens with one attached hydrogen (secondary N) is 1. The first-order valence-electron chi connectivity index (χ1n) is 3.51. The first kappa shape index (κ1) is 9.03. The minimum atomic E-state index is 0.746. The van der Waals surface area contributed by atoms with Crippen LogP contribution in [0.3, 0.4) is 0 Å². The van der Waals surface area contributed by atoms with Gasteiger partial charge >= 0.3 is 0 Å². The largest absolute Gasteiger partial charge is 0.376 e. The molecule has 0 radical (unpaired) electrons. The molecule has 0 unspecified atom stereocenters. The first-order chi connectivity index (χ1) is 5.34. The third kappa shape index (κ3) is 2.81. The van der Waals surface area contributed by atoms with Crippen molar-refractivity contribution in [2.24, 2.45) is 5.73 Å². The summed E-state index contributed by atoms with van der Waals surface area (Å²) in [6, 6.07) is 2.04. The highest BCUT2D eigenvalue weighted by Gasteiger charge is 1.97. The summed E-state index contributed by atoms with van der Waals surface area (Å²) < 4.78 is 1.14. The van der Waals surface area contributed by atoms with E-state index in [1.54, 1.807) is 11.3 Å². The zero-order valence-electron chi connectivity index (χ0n) is 6.14. The van der Waals surface area contributed by atoms with Crippen LogP contribution in [-0.2, 0) is 0 Å². The van der Waals surface area contributed by atoms with E-state index in [0.717, 1.165) is 24.0 Å². The summed E-state index contributed by atoms with van der Waals surface area (Å²) in [6.07, 6.45) is 1.02. The maximum absolute atomic E-state index is 5.36. The van der Waals surface area contributed by atoms with Crippen LogP contribution in [0.5, 0.6) is 0 Å². The van der Waals surface area contributed by atoms with Crippen LogP contribution < -0.4 is 11.1 Å². The van der Waals surface area contributed by atoms with Crippen molar-refractivity contribution in [1.29, 1.82) is 0 Å². The lowest BCUT2D eigenvalue weighted by Crippen LogP contribution is -2.07. The zero-order chi connectivity index (χ0) is 8.10. The van der Waals surface area contributed by atoms with E-state index < -0.39 is 0 Å². The van der Waals surface area contributed by atoms with Crippen LogP contribution in [0, 0.1) is 0 Å². The van der Waals surface area contributed by atoms with E-state index in [9.17, 15) is 0 Å². The van der Waals surface area contributed by atoms with Gasteiger partial charge in [0.15, 0.2) is 0 Å². The molecule has 2 nitrogen and oxygen atoms in total. The Kier molecular flexibility index (Phi) is 3.90. The Morgan fingerprint density at radius 1 is 1.64 bits per heavy atom. The standard InChI is InChI=1S/C7H11BrN2S/c8-6-2-5-11-7(6)10-4-1-3-9/h2,5,10H,1,3-4,9H2. The van der Waals surface area contributed by atoms with Gasteiger partial charge in [-0.2, -0.15) is 0 Å². The van der Waals surface area contributed by atoms with Gasteiger partial charge in [0.25, 0.3) is 0 Å². The molecule has 1 aromatic rings. The van der Waals surface area contributed by atoms with E-state index in [2.05, 4.69) is 26.6 Å². The van der Waals surface area contributed by atoms with Crippen LogP contribution in [0.15, 0.2) is 15.9 Å². The van der Waals surface area contributed by atoms with Crippen LogP contribution >= 0.6 is 27.3 Å². The van der Waals surface area contributed by atoms with E-state index in [1.807, 2.05) is 6.07 Å². The summed E-state index contributed by atoms with van der Waals surface area (Å²) in [5, 5.41) is 6.53. The van der Waals surface area contributed by atoms with Crippen molar-refractivity contribution >= 4 is 32.3 Å². The Hall–Kier alpha value is -0.0600. The Morgan fingerprint density at radius 2 is 2.45 bits per heavy atom. The average Bonchev–Trinajstić information content (AvgIpc) is 2.37. The van der Waals surface area contributed by atoms with E-state index in [4.69, 9.17) is 5.73 Å². The minimum absolute atomic E-state index is 0.746. The topological polar surface area (TPSA) is 38.0 Å². The van der Waals surface area contributed by atoms with Gasteiger partial charge in [-0.3, -0.25) is 0 Å². The number of rotatable bonds is 4. The molecule has 0 aliphatic carbocycles. The molecule has 11 heavy (non-hydrogen) atoms. The molecule has 62 valence electrons. The van der Waals surface area contributed by atoms with Gasteiger partial charge < -0.3 is 11.1 Å². The zero-order valence-corrected chi connectivity index (χ0v) is 8.54. The van der Waals surface area contributed by atoms with Crippen molar-refractivity contribution in [3.8, 4) is 0 Å². The molecule has 1 heterocycles. The molecule has 0 atom stereocenters. The van der Waals surface area contributed by atoms with Crippen molar-refractivity contribution in [2.75, 3.05) is 18.4 Å². The van der Waals surface area contributed by atoms with Crippen molar-refractivity contribution in [1.82, 2.24) is 0 Å². The molecule has 0 aromatic carbocycles. The fourth-order valence-electron chi connectivity index (χ4n) is 0.724. The molecule has 0 amide bonds. The lowest BCUT2D eigenvalue weighted by atomic mass is 10.4. The normalized spacial score (nSPS) is 10.0. The van der Waals surface area contributed by atoms with Crippen molar-refractivity contribution in [2.45, 2.75) is 6.42 Å². The summed E-state index contributed by atoms with van der Waals surface area (Å²) in [4.78, 5) is 0. The number of thiophene rings is 1. The van der Waals surface area contributed by atoms with Crippen molar-refractivity contribution in [3.63, 3.8) is 0 Å². The predicted molar refractivity (Wildman–Crippen MR) is 54.2 cm³/mol. The number of nitrogens with two attached hydrogens (primary N) is 1. The van der Waals surface area contributed by atoms with E-state index >= 15 is 0 Å². The summed E-state index contributed by atoms with van der Waals surface area (Å²) in [6.45, 7) is 1.70. The van der Waals surface area contributed by atoms with Crippen molar-refractivity contribution < 1.29 is 0 Å². The smallest absolute Gasteiger partial charge is 0.103 e. The lowest BCUT2D eigenvalue weighted by Gasteiger charge is -2.01. The van der Waals surface area contributed by atoms with E-state index in [0.29, 0.717) is 0 Å². The highest BCUT2D eigenvalue weighted by atomic mass is 79.9. The minimum Gasteiger partial charge on any atom is -0.376 e. The fourth-order valence-corrected chi connectivity index (χ4v) is 2.16. The molecule has 0 bridgehead atoms. The van der Waals surface area contributed by atoms with Gasteiger partial charge in [0.05, 0.1) is 4.47 Å². The van der Waals surface area contributed by atoms with E-state index in [-0.39, 0.29) is 0 Å². The second kappa shape index (κ2) is 4.74. The second-order valence-corrected chi connectivity index (χ2v) is 3.94. The lowest BCUT2D eigenvalue weighted by molar-refractivity contribution is 0.876. The van der Waals surface area contributed by atoms with Crippen LogP contribution in [0.4, 0.5) is 5.00 Å². The Labute approximate surface area is 78.9 Å². The van der Waals surface area contributed by atoms with Gasteiger partial charge in [-0.25, -0.2) is 0 Å². The molecule has 4 heteroatoms. The third-order valence-electron chi connectivity index (χ3n) is 1.28. The van der Waals surface area contributed by atoms with Gasteiger partial charge in [-0.1, -0.05) is 0 Å². The Bertz CT molecular complexity index is 212. The molecule has 0 spiro atoms. The molecule has 1 rings (SSSR count). The second-order valence-electron chi connectivity index (χ2n) is 2.17. The van der Waals surface area contributed by atoms with Crippen LogP contribution in [0.1, 0.15) is 6.42 Å². The van der Waals surface area contributed by atoms with Gasteiger partial charge in [-0.15, -0.1) is 11.3 Å². The first-order valence-corrected chi connectivity index (χ1v) is 5.19. The summed E-state index contributed by atoms with van der Waals surface area (Å²) in [5.74, 6) is 0. The van der Waals surface area contributed by atoms with Gasteiger partial charge in [0, 0.05) is 6.54 Å². The molecule has 3 N–H and O–H groups in total. The highest BCUT2D eigenvalue weighted by molar-refractivity contribution is 9.10. The maximum atomic E-state index is 5.36. The number of hydrogen-bond donors (Lipinski definition) is 2. The molecule has 0 saturated heterocycles. The predicted octanol–water partition coefficient (Wildman–Crippen LogP) is 2.27. The molecule has 1 aromatic heterocycles. The van der Waals surface area contributed by atoms with Crippen LogP contribution in [0.2, 0.25) is 0 Å². The number of hydrogen-bond acceptors (Lipinski definition) is 3. The molecule has 0 saturated carbocycles. The fraction of sp³-hybridized carbons (Fsp3) is 0.429. The Morgan fingerprint density at radius 3 is 3.00 bits per heavy atom. The summed E-state index contributed by atoms with van der Waals surface area (Å²) >= 11 is 5.14. The van der Waals surface area contributed by atoms with Gasteiger partial charge in [0.1, 0.15) is 5.00 Å². The molecule has 0 aliphatic rings. The molecular weight excluding hydrogens is 224 g/mol. The molecule has 0 aliphatic heterocycles. The monoisotopic (exact) mass is 234 g/mol. The van der Waals surface area contributed by atoms with Crippen molar-refractivity contribution in [3.05, 3.63) is 15.9 Å². The highest BCUT2D eigenvalue weighted by Crippen LogP contribution is 2.27. The maximum Gasteiger partial charge on any atom is 0.103 e. The van der Waals surface area contributed by atoms with Gasteiger partial charge in [-0.05, 0) is 40.3 Å². The SMILES string of the molecule is NCCCNc1sccc1Br. The molecule has 0 fully saturated rings. The summed E-state index contributed by atoms with van der Waals surface area (Å²) in [5.41, 5.74) is 5.36. The number of halogens is 1. The quantitative estimate of drug-likeness (QED) is 0.785. The van der Waals surface area contributed by atoms with Gasteiger partial charge in [0.2, 0.25) is 0 Å². The average molecular weight is 235 g/mol. The molecular formula is C7H11BrN2S. The Balaban J connectivity index is 2.32. The number of anilines is 1. The van der Waals surface area contributed by atoms with Crippen LogP contribution in [0.25, 0.3) is 0 Å². The van der Waals surface area contributed by atoms with E-state index in [1.165, 1.54) is 5.00 Å². The summed E-state index contributed by atoms with van der Waals surface area (Å²) in [7, 11) is 0. The third-order valence-corrected chi connectivity index (χ3v) is 3.08.